The fourth-order valence-corrected chi connectivity index (χ4v) is 12.1. The van der Waals surface area contributed by atoms with Crippen molar-refractivity contribution in [3.8, 4) is 23.0 Å². The third kappa shape index (κ3) is 17.6. The van der Waals surface area contributed by atoms with E-state index in [1.165, 1.54) is 21.2 Å². The van der Waals surface area contributed by atoms with Crippen LogP contribution < -0.4 is 51.4 Å². The minimum absolute atomic E-state index is 0. The molecule has 1 radical (unpaired) electrons. The van der Waals surface area contributed by atoms with Crippen LogP contribution in [0.5, 0.6) is 23.0 Å². The molecule has 17 heteroatoms. The van der Waals surface area contributed by atoms with E-state index < -0.39 is 29.6 Å². The molecule has 0 amide bonds. The van der Waals surface area contributed by atoms with Crippen LogP contribution in [0.15, 0.2) is 97.1 Å². The maximum absolute atomic E-state index is 10.7. The van der Waals surface area contributed by atoms with Crippen LogP contribution in [0.1, 0.15) is 20.8 Å². The van der Waals surface area contributed by atoms with E-state index >= 15 is 0 Å². The van der Waals surface area contributed by atoms with Gasteiger partial charge in [0.15, 0.2) is 23.0 Å². The van der Waals surface area contributed by atoms with Crippen molar-refractivity contribution in [2.24, 2.45) is 5.41 Å². The number of carbonyl (C=O) groups excluding carboxylic acids is 1. The first-order valence-corrected chi connectivity index (χ1v) is 20.5. The summed E-state index contributed by atoms with van der Waals surface area (Å²) in [5.41, 5.74) is -0.00793. The van der Waals surface area contributed by atoms with E-state index in [0.717, 1.165) is 42.2 Å². The first-order valence-electron chi connectivity index (χ1n) is 15.1. The zero-order valence-corrected chi connectivity index (χ0v) is 33.7. The van der Waals surface area contributed by atoms with Crippen molar-refractivity contribution in [1.82, 2.24) is 6.15 Å². The predicted molar refractivity (Wildman–Crippen MR) is 200 cm³/mol. The van der Waals surface area contributed by atoms with Gasteiger partial charge in [0.05, 0.1) is 56.6 Å². The Bertz CT molecular complexity index is 1510. The van der Waals surface area contributed by atoms with Gasteiger partial charge in [0.1, 0.15) is 21.2 Å². The van der Waals surface area contributed by atoms with E-state index in [9.17, 15) is 25.2 Å². The summed E-state index contributed by atoms with van der Waals surface area (Å²) in [6.45, 7) is 5.77. The van der Waals surface area contributed by atoms with Gasteiger partial charge in [0.25, 0.3) is 0 Å². The van der Waals surface area contributed by atoms with Crippen molar-refractivity contribution in [1.29, 1.82) is 0 Å². The van der Waals surface area contributed by atoms with Gasteiger partial charge in [-0.3, -0.25) is 0 Å². The number of aliphatic carboxylic acids is 1. The average Bonchev–Trinajstić information content (AvgIpc) is 3.04. The van der Waals surface area contributed by atoms with Crippen molar-refractivity contribution in [2.45, 2.75) is 20.8 Å². The zero-order chi connectivity index (χ0) is 37.8. The molecule has 4 aromatic rings. The second kappa shape index (κ2) is 19.8. The first kappa shape index (κ1) is 48.9. The summed E-state index contributed by atoms with van der Waals surface area (Å²) in [6.07, 6.45) is 2.02. The van der Waals surface area contributed by atoms with Crippen LogP contribution in [0.25, 0.3) is 0 Å². The van der Waals surface area contributed by atoms with E-state index in [1.54, 1.807) is 28.4 Å². The van der Waals surface area contributed by atoms with Gasteiger partial charge in [0, 0.05) is 11.4 Å². The summed E-state index contributed by atoms with van der Waals surface area (Å²) in [4.78, 5) is 8.89. The van der Waals surface area contributed by atoms with Gasteiger partial charge in [-0.25, -0.2) is 0 Å². The molecule has 52 heavy (non-hydrogen) atoms. The molecule has 0 atom stereocenters. The molecule has 0 saturated carbocycles. The molecule has 4 rings (SSSR count). The number of carboxylic acid groups (broad SMARTS) is 1. The molecule has 0 spiro atoms. The van der Waals surface area contributed by atoms with Gasteiger partial charge in [0.2, 0.25) is 0 Å². The largest absolute Gasteiger partial charge is 3.00 e. The zero-order valence-electron chi connectivity index (χ0n) is 29.8. The fraction of sp³-hybridized carbons (Fsp3) is 0.286. The number of rotatable bonds is 12. The molecule has 0 aliphatic rings. The molecular weight excluding hydrogens is 796 g/mol. The molecule has 0 aromatic heterocycles. The predicted octanol–water partition coefficient (Wildman–Crippen LogP) is 8.08. The molecule has 0 fully saturated rings. The molecule has 0 aliphatic carbocycles. The Labute approximate surface area is 313 Å². The summed E-state index contributed by atoms with van der Waals surface area (Å²) in [5, 5.41) is 14.0. The molecule has 0 saturated heterocycles. The second-order valence-corrected chi connectivity index (χ2v) is 18.4. The van der Waals surface area contributed by atoms with Crippen molar-refractivity contribution >= 4 is 50.8 Å². The van der Waals surface area contributed by atoms with Gasteiger partial charge in [-0.2, -0.15) is 0 Å². The molecule has 0 aliphatic heterocycles. The number of ether oxygens (including phenoxy) is 4. The Morgan fingerprint density at radius 2 is 0.750 bits per heavy atom. The van der Waals surface area contributed by atoms with E-state index in [4.69, 9.17) is 28.8 Å². The SMILES string of the molecule is CC(=O)[O-].COc1ccccc1[PH+](CC(C)(C)C[PH+](c1ccccc1OC)c1ccccc1OC)c1ccccc1OC.F[P-](F)(F)(F)(F)F.N.[Ni+3]. The molecule has 7 nitrogen and oxygen atoms in total. The summed E-state index contributed by atoms with van der Waals surface area (Å²) >= 11 is 0. The van der Waals surface area contributed by atoms with Crippen LogP contribution in [-0.4, -0.2) is 46.7 Å². The van der Waals surface area contributed by atoms with Crippen molar-refractivity contribution in [2.75, 3.05) is 40.8 Å². The Morgan fingerprint density at radius 1 is 0.577 bits per heavy atom. The molecule has 0 unspecified atom stereocenters. The number of carbonyl (C=O) groups is 1. The van der Waals surface area contributed by atoms with Gasteiger partial charge in [-0.1, -0.05) is 62.4 Å². The molecule has 4 aromatic carbocycles. The minimum atomic E-state index is -10.7. The van der Waals surface area contributed by atoms with E-state index in [1.807, 2.05) is 24.3 Å². The van der Waals surface area contributed by atoms with Crippen LogP contribution >= 0.6 is 23.7 Å². The number of halogens is 6. The van der Waals surface area contributed by atoms with Gasteiger partial charge in [-0.15, -0.1) is 0 Å². The number of para-hydroxylation sites is 4. The van der Waals surface area contributed by atoms with Crippen LogP contribution in [0.2, 0.25) is 0 Å². The van der Waals surface area contributed by atoms with Crippen LogP contribution in [0.3, 0.4) is 0 Å². The Balaban J connectivity index is 0.00000175. The van der Waals surface area contributed by atoms with Crippen LogP contribution in [-0.2, 0) is 21.3 Å². The third-order valence-corrected chi connectivity index (χ3v) is 13.9. The standard InChI is InChI=1S/C33H38O4P2.C2H4O2.F6P.H3N.Ni/c1-33(2,23-38(29-19-11-7-15-25(29)34-3)30-20-12-8-16-26(30)35-4)24-39(31-21-13-9-17-27(31)36-5)32-22-14-10-18-28(32)37-6;1-2(3)4;1-7(2,3,4,5)6;;/h7-22H,23-24H2,1-6H3;1H3,(H,3,4);;1H3;/q;;-1;;+3/p+1. The Kier molecular flexibility index (Phi) is 18.6. The molecule has 0 bridgehead atoms. The number of hydrogen-bond acceptors (Lipinski definition) is 7. The summed E-state index contributed by atoms with van der Waals surface area (Å²) in [6, 6.07) is 33.8. The van der Waals surface area contributed by atoms with Crippen molar-refractivity contribution in [3.05, 3.63) is 97.1 Å². The van der Waals surface area contributed by atoms with Crippen molar-refractivity contribution < 1.29 is 70.5 Å². The summed E-state index contributed by atoms with van der Waals surface area (Å²) in [7, 11) is -6.17. The molecule has 291 valence electrons. The topological polar surface area (TPSA) is 112 Å². The van der Waals surface area contributed by atoms with Gasteiger partial charge in [-0.05, 0) is 55.5 Å². The third-order valence-electron chi connectivity index (χ3n) is 7.04. The molecular formula is C35H46F6NNiO6P3+3. The number of hydrogen-bond donors (Lipinski definition) is 1. The molecule has 3 N–H and O–H groups in total. The first-order chi connectivity index (χ1) is 23.1. The quantitative estimate of drug-likeness (QED) is 0.0873. The van der Waals surface area contributed by atoms with E-state index in [2.05, 4.69) is 86.6 Å². The fourth-order valence-electron chi connectivity index (χ4n) is 5.27. The number of carboxylic acids is 1. The average molecular weight is 842 g/mol. The Morgan fingerprint density at radius 3 is 0.923 bits per heavy atom. The Hall–Kier alpha value is -3.13. The second-order valence-electron chi connectivity index (χ2n) is 11.7. The molecule has 0 heterocycles. The monoisotopic (exact) mass is 841 g/mol. The normalized spacial score (nSPS) is 12.2. The van der Waals surface area contributed by atoms with Crippen LogP contribution in [0, 0.1) is 5.41 Å². The number of methoxy groups -OCH3 is 4. The van der Waals surface area contributed by atoms with Gasteiger partial charge < -0.3 is 35.0 Å². The maximum atomic E-state index is 9.87. The summed E-state index contributed by atoms with van der Waals surface area (Å²) in [5.74, 6) is 2.67. The summed E-state index contributed by atoms with van der Waals surface area (Å²) < 4.78 is 82.7. The smallest absolute Gasteiger partial charge is 0.344 e. The van der Waals surface area contributed by atoms with Gasteiger partial charge >= 0.3 is 49.5 Å². The number of benzene rings is 4. The van der Waals surface area contributed by atoms with E-state index in [-0.39, 0.29) is 28.1 Å². The van der Waals surface area contributed by atoms with Crippen LogP contribution in [0.4, 0.5) is 25.2 Å². The minimum Gasteiger partial charge on any atom is -0.344 e. The van der Waals surface area contributed by atoms with E-state index in [0.29, 0.717) is 0 Å². The maximum Gasteiger partial charge on any atom is 3.00 e. The van der Waals surface area contributed by atoms with Crippen molar-refractivity contribution in [3.63, 3.8) is 0 Å².